The van der Waals surface area contributed by atoms with Gasteiger partial charge in [0.25, 0.3) is 0 Å². The third-order valence-electron chi connectivity index (χ3n) is 5.59. The van der Waals surface area contributed by atoms with E-state index in [1.54, 1.807) is 0 Å². The number of nitrogens with zero attached hydrogens (tertiary/aromatic N) is 2. The minimum atomic E-state index is -0.636. The minimum absolute atomic E-state index is 0.241. The van der Waals surface area contributed by atoms with Gasteiger partial charge in [0.05, 0.1) is 6.54 Å². The lowest BCUT2D eigenvalue weighted by molar-refractivity contribution is 0.0914. The molecule has 3 nitrogen and oxygen atoms in total. The Labute approximate surface area is 138 Å². The second-order valence-corrected chi connectivity index (χ2v) is 7.32. The van der Waals surface area contributed by atoms with Crippen LogP contribution in [0.2, 0.25) is 0 Å². The van der Waals surface area contributed by atoms with Crippen LogP contribution in [-0.2, 0) is 0 Å². The van der Waals surface area contributed by atoms with E-state index in [1.807, 2.05) is 6.07 Å². The van der Waals surface area contributed by atoms with Gasteiger partial charge < -0.3 is 4.57 Å². The van der Waals surface area contributed by atoms with Gasteiger partial charge in [-0.3, -0.25) is 9.69 Å². The van der Waals surface area contributed by atoms with Crippen LogP contribution in [0.15, 0.2) is 6.07 Å². The molecule has 2 aliphatic rings. The number of hydrogen-bond acceptors (Lipinski definition) is 2. The van der Waals surface area contributed by atoms with Gasteiger partial charge in [0, 0.05) is 23.0 Å². The van der Waals surface area contributed by atoms with Crippen LogP contribution in [0.1, 0.15) is 72.7 Å². The van der Waals surface area contributed by atoms with Gasteiger partial charge in [0.1, 0.15) is 6.17 Å². The highest BCUT2D eigenvalue weighted by molar-refractivity contribution is 5.99. The molecule has 0 unspecified atom stereocenters. The average molecular weight is 320 g/mol. The van der Waals surface area contributed by atoms with Crippen LogP contribution in [0.25, 0.3) is 0 Å². The number of Topliss-reactive ketones (excluding diaryl/α,β-unsaturated/α-hetero) is 1. The van der Waals surface area contributed by atoms with Gasteiger partial charge in [-0.1, -0.05) is 6.42 Å². The Balaban J connectivity index is 1.73. The van der Waals surface area contributed by atoms with E-state index < -0.39 is 6.17 Å². The van der Waals surface area contributed by atoms with Gasteiger partial charge in [-0.15, -0.1) is 0 Å². The topological polar surface area (TPSA) is 25.2 Å². The Bertz CT molecular complexity index is 552. The summed E-state index contributed by atoms with van der Waals surface area (Å²) in [6.45, 7) is 6.77. The summed E-state index contributed by atoms with van der Waals surface area (Å²) in [4.78, 5) is 15.0. The van der Waals surface area contributed by atoms with E-state index in [4.69, 9.17) is 0 Å². The Kier molecular flexibility index (Phi) is 5.20. The number of hydrogen-bond donors (Lipinski definition) is 0. The lowest BCUT2D eigenvalue weighted by Crippen LogP contribution is -2.34. The van der Waals surface area contributed by atoms with E-state index in [1.165, 1.54) is 19.3 Å². The van der Waals surface area contributed by atoms with Crippen molar-refractivity contribution in [1.82, 2.24) is 9.47 Å². The number of carbonyl (C=O) groups is 1. The summed E-state index contributed by atoms with van der Waals surface area (Å²) in [5.74, 6) is 0.241. The Hall–Kier alpha value is -1.16. The van der Waals surface area contributed by atoms with E-state index in [-0.39, 0.29) is 5.78 Å². The molecule has 1 saturated heterocycles. The van der Waals surface area contributed by atoms with Gasteiger partial charge in [0.2, 0.25) is 0 Å². The first-order valence-electron chi connectivity index (χ1n) is 9.14. The predicted molar refractivity (Wildman–Crippen MR) is 90.9 cm³/mol. The number of alkyl halides is 1. The molecule has 23 heavy (non-hydrogen) atoms. The zero-order chi connectivity index (χ0) is 16.4. The smallest absolute Gasteiger partial charge is 0.178 e. The first-order chi connectivity index (χ1) is 11.1. The zero-order valence-corrected chi connectivity index (χ0v) is 14.5. The number of likely N-dealkylation sites (tertiary alicyclic amines) is 1. The molecule has 1 saturated carbocycles. The van der Waals surface area contributed by atoms with E-state index in [2.05, 4.69) is 23.3 Å². The monoisotopic (exact) mass is 320 g/mol. The highest BCUT2D eigenvalue weighted by Crippen LogP contribution is 2.33. The molecule has 1 aliphatic carbocycles. The second-order valence-electron chi connectivity index (χ2n) is 7.32. The zero-order valence-electron chi connectivity index (χ0n) is 14.5. The van der Waals surface area contributed by atoms with Crippen molar-refractivity contribution in [2.45, 2.75) is 71.0 Å². The molecule has 1 aliphatic heterocycles. The molecule has 0 atom stereocenters. The molecule has 1 aromatic rings. The van der Waals surface area contributed by atoms with Crippen molar-refractivity contribution in [3.8, 4) is 0 Å². The predicted octanol–water partition coefficient (Wildman–Crippen LogP) is 4.23. The molecule has 4 heteroatoms. The van der Waals surface area contributed by atoms with E-state index in [0.29, 0.717) is 25.4 Å². The van der Waals surface area contributed by atoms with Crippen molar-refractivity contribution in [3.63, 3.8) is 0 Å². The molecule has 3 rings (SSSR count). The van der Waals surface area contributed by atoms with Crippen molar-refractivity contribution < 1.29 is 9.18 Å². The maximum Gasteiger partial charge on any atom is 0.178 e. The Morgan fingerprint density at radius 1 is 1.13 bits per heavy atom. The number of ketones is 1. The van der Waals surface area contributed by atoms with Crippen LogP contribution in [0, 0.1) is 13.8 Å². The summed E-state index contributed by atoms with van der Waals surface area (Å²) in [6, 6.07) is 2.40. The lowest BCUT2D eigenvalue weighted by atomic mass is 9.93. The lowest BCUT2D eigenvalue weighted by Gasteiger charge is -2.28. The van der Waals surface area contributed by atoms with Crippen molar-refractivity contribution in [1.29, 1.82) is 0 Å². The maximum absolute atomic E-state index is 13.4. The first kappa shape index (κ1) is 16.7. The minimum Gasteiger partial charge on any atom is -0.345 e. The number of piperidine rings is 1. The maximum atomic E-state index is 13.4. The molecule has 0 amide bonds. The average Bonchev–Trinajstić information content (AvgIpc) is 2.84. The van der Waals surface area contributed by atoms with Gasteiger partial charge in [-0.05, 0) is 71.5 Å². The summed E-state index contributed by atoms with van der Waals surface area (Å²) < 4.78 is 15.7. The molecule has 2 fully saturated rings. The number of rotatable bonds is 4. The first-order valence-corrected chi connectivity index (χ1v) is 9.14. The normalized spacial score (nSPS) is 26.4. The van der Waals surface area contributed by atoms with Gasteiger partial charge in [0.15, 0.2) is 5.78 Å². The van der Waals surface area contributed by atoms with Gasteiger partial charge in [-0.2, -0.15) is 0 Å². The Morgan fingerprint density at radius 3 is 2.43 bits per heavy atom. The number of aryl methyl sites for hydroxylation is 1. The van der Waals surface area contributed by atoms with Gasteiger partial charge >= 0.3 is 0 Å². The number of aromatic nitrogens is 1. The molecule has 0 radical (unpaired) electrons. The van der Waals surface area contributed by atoms with E-state index >= 15 is 0 Å². The van der Waals surface area contributed by atoms with Crippen molar-refractivity contribution in [2.75, 3.05) is 19.6 Å². The molecule has 0 spiro atoms. The third-order valence-corrected chi connectivity index (χ3v) is 5.59. The van der Waals surface area contributed by atoms with Crippen LogP contribution >= 0.6 is 0 Å². The standard InChI is InChI=1S/C19H29FN2O/c1-14-12-18(19(23)13-21-10-4-3-5-11-21)15(2)22(14)17-8-6-16(20)7-9-17/h12,16-17H,3-11,13H2,1-2H3/t16-,17+. The van der Waals surface area contributed by atoms with E-state index in [0.717, 1.165) is 42.9 Å². The summed E-state index contributed by atoms with van der Waals surface area (Å²) in [7, 11) is 0. The van der Waals surface area contributed by atoms with Crippen molar-refractivity contribution >= 4 is 5.78 Å². The molecule has 128 valence electrons. The third kappa shape index (κ3) is 3.68. The fourth-order valence-electron chi connectivity index (χ4n) is 4.32. The second kappa shape index (κ2) is 7.16. The van der Waals surface area contributed by atoms with Crippen LogP contribution in [0.5, 0.6) is 0 Å². The summed E-state index contributed by atoms with van der Waals surface area (Å²) >= 11 is 0. The fourth-order valence-corrected chi connectivity index (χ4v) is 4.32. The van der Waals surface area contributed by atoms with Crippen LogP contribution < -0.4 is 0 Å². The van der Waals surface area contributed by atoms with E-state index in [9.17, 15) is 9.18 Å². The molecular formula is C19H29FN2O. The molecule has 0 bridgehead atoms. The molecule has 0 aromatic carbocycles. The highest BCUT2D eigenvalue weighted by Gasteiger charge is 2.26. The Morgan fingerprint density at radius 2 is 1.78 bits per heavy atom. The van der Waals surface area contributed by atoms with Crippen LogP contribution in [0.3, 0.4) is 0 Å². The summed E-state index contributed by atoms with van der Waals surface area (Å²) in [6.07, 6.45) is 6.14. The molecule has 1 aromatic heterocycles. The number of halogens is 1. The highest BCUT2D eigenvalue weighted by atomic mass is 19.1. The summed E-state index contributed by atoms with van der Waals surface area (Å²) in [5.41, 5.74) is 3.09. The van der Waals surface area contributed by atoms with Crippen molar-refractivity contribution in [2.24, 2.45) is 0 Å². The SMILES string of the molecule is Cc1cc(C(=O)CN2CCCCC2)c(C)n1[C@H]1CC[C@@H](F)CC1. The molecule has 2 heterocycles. The van der Waals surface area contributed by atoms with Crippen molar-refractivity contribution in [3.05, 3.63) is 23.0 Å². The number of carbonyl (C=O) groups excluding carboxylic acids is 1. The van der Waals surface area contributed by atoms with Crippen LogP contribution in [-0.4, -0.2) is 41.1 Å². The largest absolute Gasteiger partial charge is 0.345 e. The van der Waals surface area contributed by atoms with Crippen LogP contribution in [0.4, 0.5) is 4.39 Å². The van der Waals surface area contributed by atoms with Gasteiger partial charge in [-0.25, -0.2) is 4.39 Å². The quantitative estimate of drug-likeness (QED) is 0.776. The fraction of sp³-hybridized carbons (Fsp3) is 0.737. The molecular weight excluding hydrogens is 291 g/mol. The summed E-state index contributed by atoms with van der Waals surface area (Å²) in [5, 5.41) is 0. The molecule has 0 N–H and O–H groups in total.